The van der Waals surface area contributed by atoms with Crippen molar-refractivity contribution in [3.8, 4) is 0 Å². The highest BCUT2D eigenvalue weighted by molar-refractivity contribution is 5.13. The fourth-order valence-corrected chi connectivity index (χ4v) is 1.86. The third kappa shape index (κ3) is 6.66. The first kappa shape index (κ1) is 16.6. The molecule has 0 amide bonds. The molecule has 0 aliphatic rings. The molecule has 20 heavy (non-hydrogen) atoms. The number of benzene rings is 1. The molecule has 1 aromatic rings. The van der Waals surface area contributed by atoms with E-state index in [-0.39, 0.29) is 6.10 Å². The molecule has 2 atom stereocenters. The van der Waals surface area contributed by atoms with Crippen molar-refractivity contribution in [2.75, 3.05) is 13.2 Å². The topological polar surface area (TPSA) is 38.7 Å². The Morgan fingerprint density at radius 1 is 1.15 bits per heavy atom. The lowest BCUT2D eigenvalue weighted by Gasteiger charge is -2.22. The van der Waals surface area contributed by atoms with Gasteiger partial charge in [0.2, 0.25) is 0 Å². The van der Waals surface area contributed by atoms with E-state index in [0.717, 1.165) is 5.56 Å². The molecular weight excluding hydrogens is 252 g/mol. The fourth-order valence-electron chi connectivity index (χ4n) is 1.86. The molecule has 0 radical (unpaired) electrons. The average molecular weight is 276 g/mol. The summed E-state index contributed by atoms with van der Waals surface area (Å²) in [6, 6.07) is 10.0. The minimum atomic E-state index is -0.548. The van der Waals surface area contributed by atoms with E-state index in [9.17, 15) is 5.11 Å². The van der Waals surface area contributed by atoms with Gasteiger partial charge in [-0.15, -0.1) is 13.2 Å². The van der Waals surface area contributed by atoms with Crippen LogP contribution in [0.1, 0.15) is 18.4 Å². The van der Waals surface area contributed by atoms with Crippen molar-refractivity contribution in [1.29, 1.82) is 0 Å². The van der Waals surface area contributed by atoms with Gasteiger partial charge in [0.25, 0.3) is 0 Å². The zero-order valence-electron chi connectivity index (χ0n) is 11.9. The Hall–Kier alpha value is -1.42. The predicted molar refractivity (Wildman–Crippen MR) is 81.5 cm³/mol. The van der Waals surface area contributed by atoms with Crippen LogP contribution in [-0.4, -0.2) is 30.5 Å². The summed E-state index contributed by atoms with van der Waals surface area (Å²) in [5.74, 6) is 0. The van der Waals surface area contributed by atoms with Crippen molar-refractivity contribution >= 4 is 0 Å². The summed E-state index contributed by atoms with van der Waals surface area (Å²) < 4.78 is 11.2. The normalized spacial score (nSPS) is 13.7. The van der Waals surface area contributed by atoms with Crippen LogP contribution >= 0.6 is 0 Å². The van der Waals surface area contributed by atoms with Crippen molar-refractivity contribution in [1.82, 2.24) is 0 Å². The first-order valence-corrected chi connectivity index (χ1v) is 6.91. The van der Waals surface area contributed by atoms with Crippen LogP contribution < -0.4 is 0 Å². The Balaban J connectivity index is 2.30. The quantitative estimate of drug-likeness (QED) is 0.498. The lowest BCUT2D eigenvalue weighted by Crippen LogP contribution is -2.30. The van der Waals surface area contributed by atoms with Crippen molar-refractivity contribution in [3.05, 3.63) is 61.2 Å². The summed E-state index contributed by atoms with van der Waals surface area (Å²) in [6.45, 7) is 8.80. The van der Waals surface area contributed by atoms with Crippen LogP contribution in [0.3, 0.4) is 0 Å². The lowest BCUT2D eigenvalue weighted by atomic mass is 10.1. The molecule has 0 spiro atoms. The molecule has 0 aromatic heterocycles. The number of aliphatic hydroxyl groups is 1. The second-order valence-electron chi connectivity index (χ2n) is 4.58. The van der Waals surface area contributed by atoms with E-state index in [1.165, 1.54) is 0 Å². The van der Waals surface area contributed by atoms with Crippen molar-refractivity contribution < 1.29 is 14.6 Å². The van der Waals surface area contributed by atoms with E-state index in [1.54, 1.807) is 12.2 Å². The molecule has 1 N–H and O–H groups in total. The van der Waals surface area contributed by atoms with E-state index in [1.807, 2.05) is 30.3 Å². The molecule has 3 heteroatoms. The first-order valence-electron chi connectivity index (χ1n) is 6.91. The summed E-state index contributed by atoms with van der Waals surface area (Å²) in [5.41, 5.74) is 1.14. The van der Waals surface area contributed by atoms with E-state index in [4.69, 9.17) is 9.47 Å². The number of aliphatic hydroxyl groups excluding tert-OH is 1. The van der Waals surface area contributed by atoms with Gasteiger partial charge < -0.3 is 14.6 Å². The van der Waals surface area contributed by atoms with Gasteiger partial charge in [-0.3, -0.25) is 0 Å². The number of rotatable bonds is 11. The molecule has 3 nitrogen and oxygen atoms in total. The van der Waals surface area contributed by atoms with Gasteiger partial charge in [0.15, 0.2) is 0 Å². The Bertz CT molecular complexity index is 375. The van der Waals surface area contributed by atoms with E-state index in [0.29, 0.717) is 32.7 Å². The lowest BCUT2D eigenvalue weighted by molar-refractivity contribution is -0.0436. The van der Waals surface area contributed by atoms with E-state index >= 15 is 0 Å². The zero-order chi connectivity index (χ0) is 14.6. The fraction of sp³-hybridized carbons (Fsp3) is 0.412. The average Bonchev–Trinajstić information content (AvgIpc) is 2.47. The highest BCUT2D eigenvalue weighted by atomic mass is 16.5. The van der Waals surface area contributed by atoms with Crippen LogP contribution in [0.25, 0.3) is 0 Å². The number of hydrogen-bond donors (Lipinski definition) is 1. The van der Waals surface area contributed by atoms with Gasteiger partial charge in [-0.05, 0) is 18.4 Å². The Kier molecular flexibility index (Phi) is 8.63. The van der Waals surface area contributed by atoms with Crippen LogP contribution in [0.4, 0.5) is 0 Å². The maximum atomic E-state index is 9.97. The Morgan fingerprint density at radius 2 is 1.90 bits per heavy atom. The first-order chi connectivity index (χ1) is 9.77. The van der Waals surface area contributed by atoms with Gasteiger partial charge in [-0.1, -0.05) is 42.5 Å². The highest BCUT2D eigenvalue weighted by Gasteiger charge is 2.18. The van der Waals surface area contributed by atoms with Gasteiger partial charge in [-0.2, -0.15) is 0 Å². The second kappa shape index (κ2) is 10.4. The predicted octanol–water partition coefficient (Wildman–Crippen LogP) is 3.10. The molecule has 1 aromatic carbocycles. The molecule has 0 saturated heterocycles. The maximum Gasteiger partial charge on any atom is 0.0863 e. The van der Waals surface area contributed by atoms with Crippen LogP contribution in [-0.2, 0) is 16.1 Å². The van der Waals surface area contributed by atoms with Gasteiger partial charge >= 0.3 is 0 Å². The largest absolute Gasteiger partial charge is 0.390 e. The third-order valence-electron chi connectivity index (χ3n) is 2.92. The minimum Gasteiger partial charge on any atom is -0.390 e. The number of ether oxygens (including phenoxy) is 2. The van der Waals surface area contributed by atoms with Gasteiger partial charge in [0, 0.05) is 6.61 Å². The molecule has 0 aliphatic carbocycles. The zero-order valence-corrected chi connectivity index (χ0v) is 11.9. The van der Waals surface area contributed by atoms with Crippen molar-refractivity contribution in [3.63, 3.8) is 0 Å². The second-order valence-corrected chi connectivity index (χ2v) is 4.58. The van der Waals surface area contributed by atoms with Crippen LogP contribution in [0.15, 0.2) is 55.6 Å². The summed E-state index contributed by atoms with van der Waals surface area (Å²) in [7, 11) is 0. The summed E-state index contributed by atoms with van der Waals surface area (Å²) >= 11 is 0. The molecular formula is C17H24O3. The molecule has 0 unspecified atom stereocenters. The molecule has 0 bridgehead atoms. The molecule has 0 heterocycles. The standard InChI is InChI=1S/C17H24O3/c1-3-8-16(18)17(20-12-4-2)11-13-19-14-15-9-6-5-7-10-15/h3-7,9-10,16-18H,1-2,8,11-14H2/t16-,17+/m0/s1. The molecule has 0 fully saturated rings. The van der Waals surface area contributed by atoms with Crippen LogP contribution in [0.5, 0.6) is 0 Å². The molecule has 0 aliphatic heterocycles. The van der Waals surface area contributed by atoms with Crippen molar-refractivity contribution in [2.24, 2.45) is 0 Å². The summed E-state index contributed by atoms with van der Waals surface area (Å²) in [5, 5.41) is 9.97. The van der Waals surface area contributed by atoms with Gasteiger partial charge in [0.05, 0.1) is 25.4 Å². The molecule has 110 valence electrons. The van der Waals surface area contributed by atoms with Crippen LogP contribution in [0.2, 0.25) is 0 Å². The number of hydrogen-bond acceptors (Lipinski definition) is 3. The Morgan fingerprint density at radius 3 is 2.55 bits per heavy atom. The minimum absolute atomic E-state index is 0.248. The highest BCUT2D eigenvalue weighted by Crippen LogP contribution is 2.10. The molecule has 1 rings (SSSR count). The summed E-state index contributed by atoms with van der Waals surface area (Å²) in [6.07, 6.45) is 3.74. The molecule has 0 saturated carbocycles. The smallest absolute Gasteiger partial charge is 0.0863 e. The monoisotopic (exact) mass is 276 g/mol. The maximum absolute atomic E-state index is 9.97. The van der Waals surface area contributed by atoms with Crippen molar-refractivity contribution in [2.45, 2.75) is 31.7 Å². The van der Waals surface area contributed by atoms with E-state index in [2.05, 4.69) is 13.2 Å². The van der Waals surface area contributed by atoms with Gasteiger partial charge in [-0.25, -0.2) is 0 Å². The Labute approximate surface area is 121 Å². The summed E-state index contributed by atoms with van der Waals surface area (Å²) in [4.78, 5) is 0. The van der Waals surface area contributed by atoms with E-state index < -0.39 is 6.10 Å². The van der Waals surface area contributed by atoms with Crippen LogP contribution in [0, 0.1) is 0 Å². The SMILES string of the molecule is C=CCO[C@H](CCOCc1ccccc1)[C@@H](O)CC=C. The third-order valence-corrected chi connectivity index (χ3v) is 2.92. The van der Waals surface area contributed by atoms with Gasteiger partial charge in [0.1, 0.15) is 0 Å².